The molecule has 4 nitrogen and oxygen atoms in total. The Labute approximate surface area is 145 Å². The van der Waals surface area contributed by atoms with Crippen LogP contribution in [0.15, 0.2) is 42.5 Å². The molecule has 3 aromatic rings. The van der Waals surface area contributed by atoms with Crippen LogP contribution in [0.2, 0.25) is 0 Å². The third-order valence-corrected chi connectivity index (χ3v) is 4.63. The zero-order chi connectivity index (χ0) is 17.1. The molecule has 1 heterocycles. The molecule has 0 spiro atoms. The number of benzene rings is 2. The van der Waals surface area contributed by atoms with Crippen LogP contribution in [-0.2, 0) is 0 Å². The van der Waals surface area contributed by atoms with E-state index in [1.165, 1.54) is 17.1 Å². The van der Waals surface area contributed by atoms with Gasteiger partial charge in [-0.25, -0.2) is 0 Å². The zero-order valence-electron chi connectivity index (χ0n) is 14.1. The number of aryl methyl sites for hydroxylation is 1. The van der Waals surface area contributed by atoms with Crippen molar-refractivity contribution >= 4 is 11.5 Å². The number of hydrogen-bond donors (Lipinski definition) is 0. The molecule has 0 unspecified atom stereocenters. The van der Waals surface area contributed by atoms with Gasteiger partial charge in [-0.1, -0.05) is 29.8 Å². The summed E-state index contributed by atoms with van der Waals surface area (Å²) in [6.07, 6.45) is 0. The first kappa shape index (κ1) is 16.3. The van der Waals surface area contributed by atoms with Gasteiger partial charge in [0.1, 0.15) is 5.75 Å². The highest BCUT2D eigenvalue weighted by molar-refractivity contribution is 7.09. The van der Waals surface area contributed by atoms with E-state index in [4.69, 9.17) is 14.2 Å². The van der Waals surface area contributed by atoms with Crippen LogP contribution < -0.4 is 14.2 Å². The summed E-state index contributed by atoms with van der Waals surface area (Å²) in [7, 11) is 4.89. The van der Waals surface area contributed by atoms with Crippen LogP contribution in [0.4, 0.5) is 0 Å². The van der Waals surface area contributed by atoms with E-state index in [1.807, 2.05) is 12.1 Å². The van der Waals surface area contributed by atoms with Crippen molar-refractivity contribution in [3.63, 3.8) is 0 Å². The van der Waals surface area contributed by atoms with Crippen LogP contribution in [-0.4, -0.2) is 25.7 Å². The smallest absolute Gasteiger partial charge is 0.169 e. The molecule has 0 aliphatic carbocycles. The van der Waals surface area contributed by atoms with E-state index in [0.29, 0.717) is 17.2 Å². The highest BCUT2D eigenvalue weighted by Crippen LogP contribution is 2.43. The molecule has 0 fully saturated rings. The van der Waals surface area contributed by atoms with Gasteiger partial charge < -0.3 is 14.2 Å². The molecule has 5 heteroatoms. The van der Waals surface area contributed by atoms with E-state index in [1.54, 1.807) is 21.3 Å². The second kappa shape index (κ2) is 6.93. The van der Waals surface area contributed by atoms with Gasteiger partial charge in [0.05, 0.1) is 31.9 Å². The van der Waals surface area contributed by atoms with Crippen LogP contribution in [0.5, 0.6) is 17.2 Å². The molecular weight excluding hydrogens is 322 g/mol. The Morgan fingerprint density at radius 1 is 0.875 bits per heavy atom. The van der Waals surface area contributed by atoms with Crippen molar-refractivity contribution in [3.05, 3.63) is 48.0 Å². The van der Waals surface area contributed by atoms with Crippen LogP contribution in [0.3, 0.4) is 0 Å². The lowest BCUT2D eigenvalue weighted by molar-refractivity contribution is 0.350. The van der Waals surface area contributed by atoms with E-state index in [9.17, 15) is 0 Å². The predicted octanol–water partition coefficient (Wildman–Crippen LogP) is 4.81. The van der Waals surface area contributed by atoms with Gasteiger partial charge in [0, 0.05) is 17.2 Å². The number of hydrogen-bond acceptors (Lipinski definition) is 5. The van der Waals surface area contributed by atoms with Crippen molar-refractivity contribution < 1.29 is 14.2 Å². The Morgan fingerprint density at radius 2 is 1.62 bits per heavy atom. The van der Waals surface area contributed by atoms with Crippen molar-refractivity contribution in [2.24, 2.45) is 0 Å². The van der Waals surface area contributed by atoms with Gasteiger partial charge in [-0.05, 0) is 30.6 Å². The van der Waals surface area contributed by atoms with Crippen molar-refractivity contribution in [1.29, 1.82) is 0 Å². The van der Waals surface area contributed by atoms with Gasteiger partial charge in [-0.15, -0.1) is 0 Å². The number of methoxy groups -OCH3 is 3. The quantitative estimate of drug-likeness (QED) is 0.668. The average molecular weight is 341 g/mol. The fourth-order valence-corrected chi connectivity index (χ4v) is 3.27. The SMILES string of the molecule is COc1cc(OC)c(OC)c(-c2cc(-c3ccc(C)cc3)ns2)c1. The summed E-state index contributed by atoms with van der Waals surface area (Å²) in [4.78, 5) is 1.000. The maximum absolute atomic E-state index is 5.55. The van der Waals surface area contributed by atoms with Crippen LogP contribution in [0.25, 0.3) is 21.7 Å². The summed E-state index contributed by atoms with van der Waals surface area (Å²) in [6, 6.07) is 14.1. The molecule has 0 amide bonds. The molecule has 0 aliphatic rings. The largest absolute Gasteiger partial charge is 0.497 e. The molecule has 0 saturated carbocycles. The van der Waals surface area contributed by atoms with E-state index in [0.717, 1.165) is 21.7 Å². The molecule has 1 aromatic heterocycles. The highest BCUT2D eigenvalue weighted by Gasteiger charge is 2.17. The minimum absolute atomic E-state index is 0.636. The lowest BCUT2D eigenvalue weighted by Crippen LogP contribution is -1.94. The first-order valence-electron chi connectivity index (χ1n) is 7.50. The summed E-state index contributed by atoms with van der Waals surface area (Å²) >= 11 is 1.43. The first-order valence-corrected chi connectivity index (χ1v) is 8.27. The molecule has 2 aromatic carbocycles. The Hall–Kier alpha value is -2.53. The third kappa shape index (κ3) is 3.08. The summed E-state index contributed by atoms with van der Waals surface area (Å²) in [5.74, 6) is 2.03. The number of nitrogens with zero attached hydrogens (tertiary/aromatic N) is 1. The normalized spacial score (nSPS) is 10.5. The zero-order valence-corrected chi connectivity index (χ0v) is 14.9. The molecule has 0 atom stereocenters. The molecule has 0 N–H and O–H groups in total. The van der Waals surface area contributed by atoms with Crippen molar-refractivity contribution in [1.82, 2.24) is 4.37 Å². The summed E-state index contributed by atoms with van der Waals surface area (Å²) in [5, 5.41) is 0. The lowest BCUT2D eigenvalue weighted by atomic mass is 10.1. The monoisotopic (exact) mass is 341 g/mol. The second-order valence-electron chi connectivity index (χ2n) is 5.35. The first-order chi connectivity index (χ1) is 11.7. The Kier molecular flexibility index (Phi) is 4.71. The van der Waals surface area contributed by atoms with E-state index in [2.05, 4.69) is 41.6 Å². The van der Waals surface area contributed by atoms with Gasteiger partial charge in [-0.3, -0.25) is 0 Å². The molecule has 0 radical (unpaired) electrons. The standard InChI is InChI=1S/C19H19NO3S/c1-12-5-7-13(8-6-12)16-11-18(24-20-16)15-9-14(21-2)10-17(22-3)19(15)23-4/h5-11H,1-4H3. The molecule has 0 bridgehead atoms. The van der Waals surface area contributed by atoms with Crippen molar-refractivity contribution in [3.8, 4) is 38.9 Å². The van der Waals surface area contributed by atoms with Gasteiger partial charge in [-0.2, -0.15) is 4.37 Å². The van der Waals surface area contributed by atoms with Crippen LogP contribution in [0, 0.1) is 6.92 Å². The Balaban J connectivity index is 2.07. The topological polar surface area (TPSA) is 40.6 Å². The van der Waals surface area contributed by atoms with Gasteiger partial charge in [0.2, 0.25) is 0 Å². The summed E-state index contributed by atoms with van der Waals surface area (Å²) in [6.45, 7) is 2.07. The molecule has 0 aliphatic heterocycles. The van der Waals surface area contributed by atoms with Gasteiger partial charge in [0.15, 0.2) is 11.5 Å². The molecular formula is C19H19NO3S. The summed E-state index contributed by atoms with van der Waals surface area (Å²) < 4.78 is 20.9. The Morgan fingerprint density at radius 3 is 2.25 bits per heavy atom. The lowest BCUT2D eigenvalue weighted by Gasteiger charge is -2.13. The van der Waals surface area contributed by atoms with Gasteiger partial charge in [0.25, 0.3) is 0 Å². The number of rotatable bonds is 5. The van der Waals surface area contributed by atoms with Crippen molar-refractivity contribution in [2.75, 3.05) is 21.3 Å². The minimum Gasteiger partial charge on any atom is -0.497 e. The molecule has 124 valence electrons. The van der Waals surface area contributed by atoms with E-state index in [-0.39, 0.29) is 0 Å². The molecule has 0 saturated heterocycles. The van der Waals surface area contributed by atoms with Crippen LogP contribution >= 0.6 is 11.5 Å². The number of aromatic nitrogens is 1. The highest BCUT2D eigenvalue weighted by atomic mass is 32.1. The van der Waals surface area contributed by atoms with E-state index < -0.39 is 0 Å². The maximum Gasteiger partial charge on any atom is 0.169 e. The maximum atomic E-state index is 5.55. The fraction of sp³-hybridized carbons (Fsp3) is 0.211. The average Bonchev–Trinajstić information content (AvgIpc) is 3.11. The Bertz CT molecular complexity index is 840. The fourth-order valence-electron chi connectivity index (χ4n) is 2.50. The summed E-state index contributed by atoms with van der Waals surface area (Å²) in [5.41, 5.74) is 4.17. The van der Waals surface area contributed by atoms with Crippen LogP contribution in [0.1, 0.15) is 5.56 Å². The van der Waals surface area contributed by atoms with Crippen molar-refractivity contribution in [2.45, 2.75) is 6.92 Å². The van der Waals surface area contributed by atoms with E-state index >= 15 is 0 Å². The minimum atomic E-state index is 0.636. The third-order valence-electron chi connectivity index (χ3n) is 3.81. The predicted molar refractivity (Wildman–Crippen MR) is 97.4 cm³/mol. The van der Waals surface area contributed by atoms with Gasteiger partial charge >= 0.3 is 0 Å². The molecule has 3 rings (SSSR count). The molecule has 24 heavy (non-hydrogen) atoms. The second-order valence-corrected chi connectivity index (χ2v) is 6.16. The number of ether oxygens (including phenoxy) is 3.